The van der Waals surface area contributed by atoms with Crippen LogP contribution in [-0.2, 0) is 29.3 Å². The summed E-state index contributed by atoms with van der Waals surface area (Å²) in [4.78, 5) is 26.6. The van der Waals surface area contributed by atoms with Crippen molar-refractivity contribution in [1.82, 2.24) is 0 Å². The van der Waals surface area contributed by atoms with Crippen LogP contribution in [0.2, 0.25) is 0 Å². The smallest absolute Gasteiger partial charge is 0.313 e. The molecule has 3 heterocycles. The van der Waals surface area contributed by atoms with E-state index in [1.807, 2.05) is 29.0 Å². The number of thiophene rings is 1. The molecule has 30 heavy (non-hydrogen) atoms. The number of nitrogens with two attached hydrogens (primary N) is 1. The van der Waals surface area contributed by atoms with Crippen molar-refractivity contribution in [3.8, 4) is 0 Å². The van der Waals surface area contributed by atoms with E-state index >= 15 is 0 Å². The Kier molecular flexibility index (Phi) is 6.19. The SMILES string of the molecule is COC(=O)CC(=O)CC(N)(c1ccsc1)c1ccc(N2CCOCC2)cc1C1CO1. The molecule has 0 aliphatic carbocycles. The molecule has 7 nitrogen and oxygen atoms in total. The summed E-state index contributed by atoms with van der Waals surface area (Å²) in [6.45, 7) is 3.71. The lowest BCUT2D eigenvalue weighted by atomic mass is 9.77. The van der Waals surface area contributed by atoms with Gasteiger partial charge < -0.3 is 24.8 Å². The zero-order chi connectivity index (χ0) is 21.1. The number of nitrogens with zero attached hydrogens (tertiary/aromatic N) is 1. The third kappa shape index (κ3) is 4.41. The second-order valence-corrected chi connectivity index (χ2v) is 8.42. The maximum absolute atomic E-state index is 12.7. The zero-order valence-corrected chi connectivity index (χ0v) is 17.8. The Labute approximate surface area is 179 Å². The fraction of sp³-hybridized carbons (Fsp3) is 0.455. The van der Waals surface area contributed by atoms with Crippen LogP contribution in [-0.4, -0.2) is 51.8 Å². The Morgan fingerprint density at radius 2 is 2.07 bits per heavy atom. The summed E-state index contributed by atoms with van der Waals surface area (Å²) < 4.78 is 15.7. The van der Waals surface area contributed by atoms with Crippen molar-refractivity contribution in [3.05, 3.63) is 51.7 Å². The highest BCUT2D eigenvalue weighted by atomic mass is 32.1. The molecule has 4 rings (SSSR count). The second-order valence-electron chi connectivity index (χ2n) is 7.64. The van der Waals surface area contributed by atoms with Gasteiger partial charge in [-0.3, -0.25) is 9.59 Å². The fourth-order valence-electron chi connectivity index (χ4n) is 3.95. The standard InChI is InChI=1S/C22H26N2O5S/c1-27-21(26)11-17(25)12-22(23,15-4-9-30-14-15)19-3-2-16(10-18(19)20-13-29-20)24-5-7-28-8-6-24/h2-4,9-10,14,20H,5-8,11-13,23H2,1H3. The van der Waals surface area contributed by atoms with Gasteiger partial charge in [-0.05, 0) is 45.6 Å². The van der Waals surface area contributed by atoms with Crippen molar-refractivity contribution < 1.29 is 23.8 Å². The van der Waals surface area contributed by atoms with Crippen LogP contribution >= 0.6 is 11.3 Å². The number of esters is 1. The van der Waals surface area contributed by atoms with Crippen LogP contribution in [0.4, 0.5) is 5.69 Å². The lowest BCUT2D eigenvalue weighted by Gasteiger charge is -2.33. The number of rotatable bonds is 8. The molecule has 2 fully saturated rings. The maximum Gasteiger partial charge on any atom is 0.313 e. The summed E-state index contributed by atoms with van der Waals surface area (Å²) in [7, 11) is 1.27. The van der Waals surface area contributed by atoms with Crippen molar-refractivity contribution in [2.24, 2.45) is 5.73 Å². The van der Waals surface area contributed by atoms with E-state index < -0.39 is 11.5 Å². The highest BCUT2D eigenvalue weighted by Gasteiger charge is 2.39. The first-order chi connectivity index (χ1) is 14.5. The third-order valence-electron chi connectivity index (χ3n) is 5.65. The molecule has 2 saturated heterocycles. The second kappa shape index (κ2) is 8.85. The Balaban J connectivity index is 1.71. The van der Waals surface area contributed by atoms with Gasteiger partial charge in [0.15, 0.2) is 0 Å². The summed E-state index contributed by atoms with van der Waals surface area (Å²) >= 11 is 1.53. The summed E-state index contributed by atoms with van der Waals surface area (Å²) in [5, 5.41) is 3.90. The van der Waals surface area contributed by atoms with Crippen LogP contribution in [0.3, 0.4) is 0 Å². The number of epoxide rings is 1. The van der Waals surface area contributed by atoms with E-state index in [1.54, 1.807) is 0 Å². The molecule has 0 radical (unpaired) electrons. The maximum atomic E-state index is 12.7. The average molecular weight is 431 g/mol. The molecule has 8 heteroatoms. The first kappa shape index (κ1) is 21.0. The first-order valence-electron chi connectivity index (χ1n) is 10.00. The number of ether oxygens (including phenoxy) is 3. The molecule has 1 aromatic carbocycles. The highest BCUT2D eigenvalue weighted by Crippen LogP contribution is 2.42. The van der Waals surface area contributed by atoms with Gasteiger partial charge in [-0.2, -0.15) is 11.3 Å². The normalized spacial score (nSPS) is 20.5. The minimum absolute atomic E-state index is 0.00938. The molecule has 2 unspecified atom stereocenters. The third-order valence-corrected chi connectivity index (χ3v) is 6.34. The van der Waals surface area contributed by atoms with Crippen molar-refractivity contribution in [2.75, 3.05) is 44.9 Å². The first-order valence-corrected chi connectivity index (χ1v) is 10.9. The molecule has 0 saturated carbocycles. The van der Waals surface area contributed by atoms with Crippen LogP contribution in [0.1, 0.15) is 35.6 Å². The quantitative estimate of drug-likeness (QED) is 0.390. The van der Waals surface area contributed by atoms with Gasteiger partial charge >= 0.3 is 5.97 Å². The van der Waals surface area contributed by atoms with E-state index in [4.69, 9.17) is 15.2 Å². The average Bonchev–Trinajstić information content (AvgIpc) is 3.46. The zero-order valence-electron chi connectivity index (χ0n) is 17.0. The van der Waals surface area contributed by atoms with Crippen LogP contribution in [0.5, 0.6) is 0 Å². The number of carbonyl (C=O) groups is 2. The van der Waals surface area contributed by atoms with Gasteiger partial charge in [0.2, 0.25) is 0 Å². The molecule has 2 aliphatic heterocycles. The molecule has 160 valence electrons. The van der Waals surface area contributed by atoms with E-state index in [2.05, 4.69) is 15.7 Å². The monoisotopic (exact) mass is 430 g/mol. The molecule has 0 amide bonds. The summed E-state index contributed by atoms with van der Waals surface area (Å²) in [6, 6.07) is 8.11. The van der Waals surface area contributed by atoms with Crippen LogP contribution in [0.15, 0.2) is 35.0 Å². The predicted molar refractivity (Wildman–Crippen MR) is 114 cm³/mol. The molecule has 2 N–H and O–H groups in total. The van der Waals surface area contributed by atoms with Crippen LogP contribution in [0, 0.1) is 0 Å². The molecule has 2 atom stereocenters. The van der Waals surface area contributed by atoms with Crippen molar-refractivity contribution in [2.45, 2.75) is 24.5 Å². The van der Waals surface area contributed by atoms with Gasteiger partial charge in [0.25, 0.3) is 0 Å². The Hall–Kier alpha value is -2.26. The van der Waals surface area contributed by atoms with Gasteiger partial charge in [-0.15, -0.1) is 0 Å². The summed E-state index contributed by atoms with van der Waals surface area (Å²) in [5.74, 6) is -0.809. The Morgan fingerprint density at radius 3 is 2.70 bits per heavy atom. The van der Waals surface area contributed by atoms with Crippen molar-refractivity contribution in [3.63, 3.8) is 0 Å². The lowest BCUT2D eigenvalue weighted by molar-refractivity contribution is -0.143. The minimum atomic E-state index is -1.05. The molecule has 1 aromatic heterocycles. The molecular formula is C22H26N2O5S. The molecule has 0 bridgehead atoms. The molecule has 2 aromatic rings. The van der Waals surface area contributed by atoms with Gasteiger partial charge in [0.05, 0.1) is 32.5 Å². The number of carbonyl (C=O) groups excluding carboxylic acids is 2. The summed E-state index contributed by atoms with van der Waals surface area (Å²) in [5.41, 5.74) is 9.71. The largest absolute Gasteiger partial charge is 0.469 e. The van der Waals surface area contributed by atoms with E-state index in [-0.39, 0.29) is 24.7 Å². The number of anilines is 1. The number of Topliss-reactive ketones (excluding diaryl/α,β-unsaturated/α-hetero) is 1. The number of morpholine rings is 1. The topological polar surface area (TPSA) is 94.4 Å². The van der Waals surface area contributed by atoms with Gasteiger partial charge in [0.1, 0.15) is 18.3 Å². The lowest BCUT2D eigenvalue weighted by Crippen LogP contribution is -2.41. The van der Waals surface area contributed by atoms with Crippen molar-refractivity contribution >= 4 is 28.8 Å². The van der Waals surface area contributed by atoms with E-state index in [0.29, 0.717) is 19.8 Å². The number of hydrogen-bond acceptors (Lipinski definition) is 8. The minimum Gasteiger partial charge on any atom is -0.469 e. The number of hydrogen-bond donors (Lipinski definition) is 1. The molecular weight excluding hydrogens is 404 g/mol. The van der Waals surface area contributed by atoms with Gasteiger partial charge in [-0.1, -0.05) is 6.07 Å². The predicted octanol–water partition coefficient (Wildman–Crippen LogP) is 2.38. The number of methoxy groups -OCH3 is 1. The summed E-state index contributed by atoms with van der Waals surface area (Å²) in [6.07, 6.45) is -0.311. The van der Waals surface area contributed by atoms with Gasteiger partial charge in [0, 0.05) is 25.2 Å². The van der Waals surface area contributed by atoms with Crippen LogP contribution in [0.25, 0.3) is 0 Å². The number of ketones is 1. The Morgan fingerprint density at radius 1 is 1.30 bits per heavy atom. The fourth-order valence-corrected chi connectivity index (χ4v) is 4.69. The number of benzene rings is 1. The van der Waals surface area contributed by atoms with E-state index in [9.17, 15) is 9.59 Å². The Bertz CT molecular complexity index is 906. The molecule has 2 aliphatic rings. The van der Waals surface area contributed by atoms with Crippen molar-refractivity contribution in [1.29, 1.82) is 0 Å². The van der Waals surface area contributed by atoms with E-state index in [0.717, 1.165) is 35.5 Å². The highest BCUT2D eigenvalue weighted by molar-refractivity contribution is 7.08. The van der Waals surface area contributed by atoms with E-state index in [1.165, 1.54) is 18.4 Å². The molecule has 0 spiro atoms. The van der Waals surface area contributed by atoms with Gasteiger partial charge in [-0.25, -0.2) is 0 Å². The van der Waals surface area contributed by atoms with Crippen LogP contribution < -0.4 is 10.6 Å².